The average Bonchev–Trinajstić information content (AvgIpc) is 3.13. The molecule has 142 valence electrons. The molecule has 0 bridgehead atoms. The van der Waals surface area contributed by atoms with Gasteiger partial charge < -0.3 is 15.0 Å². The molecule has 1 aromatic heterocycles. The first-order chi connectivity index (χ1) is 12.9. The maximum absolute atomic E-state index is 13.4. The van der Waals surface area contributed by atoms with Crippen molar-refractivity contribution in [2.75, 3.05) is 11.9 Å². The summed E-state index contributed by atoms with van der Waals surface area (Å²) in [4.78, 5) is 48.9. The molecule has 1 aliphatic rings. The molecule has 0 spiro atoms. The Morgan fingerprint density at radius 3 is 2.89 bits per heavy atom. The van der Waals surface area contributed by atoms with Gasteiger partial charge in [-0.2, -0.15) is 4.39 Å². The molecule has 1 aliphatic heterocycles. The molecular weight excluding hydrogens is 363 g/mol. The SMILES string of the molecule is O=C(Nc1ccc(F)c([N+](=O)[O-])c1)c1c[nH]c(=O)n(CC2CCCO2)c1=O. The molecule has 1 atom stereocenters. The van der Waals surface area contributed by atoms with Gasteiger partial charge in [0.05, 0.1) is 17.6 Å². The van der Waals surface area contributed by atoms with Crippen LogP contribution in [0.25, 0.3) is 0 Å². The molecule has 3 rings (SSSR count). The molecule has 2 N–H and O–H groups in total. The second-order valence-electron chi connectivity index (χ2n) is 5.94. The zero-order valence-corrected chi connectivity index (χ0v) is 13.9. The van der Waals surface area contributed by atoms with Crippen LogP contribution in [0.2, 0.25) is 0 Å². The van der Waals surface area contributed by atoms with Gasteiger partial charge in [-0.25, -0.2) is 4.79 Å². The van der Waals surface area contributed by atoms with Crippen LogP contribution in [0.5, 0.6) is 0 Å². The highest BCUT2D eigenvalue weighted by Gasteiger charge is 2.21. The van der Waals surface area contributed by atoms with Crippen molar-refractivity contribution >= 4 is 17.3 Å². The van der Waals surface area contributed by atoms with Gasteiger partial charge in [0.25, 0.3) is 11.5 Å². The van der Waals surface area contributed by atoms with Crippen LogP contribution in [0.1, 0.15) is 23.2 Å². The molecular formula is C16H15FN4O6. The molecule has 2 heterocycles. The molecule has 1 aromatic carbocycles. The number of amides is 1. The van der Waals surface area contributed by atoms with Crippen LogP contribution in [0.3, 0.4) is 0 Å². The number of hydrogen-bond acceptors (Lipinski definition) is 6. The Balaban J connectivity index is 1.87. The highest BCUT2D eigenvalue weighted by molar-refractivity contribution is 6.03. The van der Waals surface area contributed by atoms with Crippen LogP contribution in [0, 0.1) is 15.9 Å². The number of rotatable bonds is 5. The van der Waals surface area contributed by atoms with Gasteiger partial charge in [0.2, 0.25) is 5.82 Å². The second kappa shape index (κ2) is 7.50. The lowest BCUT2D eigenvalue weighted by Crippen LogP contribution is -2.41. The third-order valence-electron chi connectivity index (χ3n) is 4.12. The predicted octanol–water partition coefficient (Wildman–Crippen LogP) is 1.02. The van der Waals surface area contributed by atoms with Crippen molar-refractivity contribution in [2.45, 2.75) is 25.5 Å². The van der Waals surface area contributed by atoms with Gasteiger partial charge >= 0.3 is 11.4 Å². The van der Waals surface area contributed by atoms with Gasteiger partial charge in [0.1, 0.15) is 5.56 Å². The number of halogens is 1. The monoisotopic (exact) mass is 378 g/mol. The summed E-state index contributed by atoms with van der Waals surface area (Å²) in [5, 5.41) is 13.1. The Morgan fingerprint density at radius 1 is 1.44 bits per heavy atom. The first-order valence-electron chi connectivity index (χ1n) is 8.06. The second-order valence-corrected chi connectivity index (χ2v) is 5.94. The lowest BCUT2D eigenvalue weighted by Gasteiger charge is -2.12. The molecule has 1 saturated heterocycles. The molecule has 11 heteroatoms. The first-order valence-corrected chi connectivity index (χ1v) is 8.06. The number of benzene rings is 1. The van der Waals surface area contributed by atoms with Crippen molar-refractivity contribution in [3.05, 3.63) is 66.7 Å². The third-order valence-corrected chi connectivity index (χ3v) is 4.12. The summed E-state index contributed by atoms with van der Waals surface area (Å²) in [7, 11) is 0. The molecule has 0 aliphatic carbocycles. The van der Waals surface area contributed by atoms with Crippen LogP contribution >= 0.6 is 0 Å². The normalized spacial score (nSPS) is 16.3. The van der Waals surface area contributed by atoms with E-state index < -0.39 is 33.6 Å². The minimum atomic E-state index is -1.05. The van der Waals surface area contributed by atoms with Crippen LogP contribution in [-0.2, 0) is 11.3 Å². The molecule has 27 heavy (non-hydrogen) atoms. The quantitative estimate of drug-likeness (QED) is 0.589. The lowest BCUT2D eigenvalue weighted by molar-refractivity contribution is -0.387. The number of nitro benzene ring substituents is 1. The Labute approximate surface area is 150 Å². The summed E-state index contributed by atoms with van der Waals surface area (Å²) in [6.45, 7) is 0.554. The standard InChI is InChI=1S/C16H15FN4O6/c17-12-4-3-9(6-13(12)21(25)26)19-14(22)11-7-18-16(24)20(15(11)23)8-10-2-1-5-27-10/h3-4,6-7,10H,1-2,5,8H2,(H,18,24)(H,19,22). The van der Waals surface area contributed by atoms with E-state index in [1.165, 1.54) is 0 Å². The van der Waals surface area contributed by atoms with Crippen molar-refractivity contribution < 1.29 is 18.8 Å². The average molecular weight is 378 g/mol. The zero-order chi connectivity index (χ0) is 19.6. The number of nitrogens with zero attached hydrogens (tertiary/aromatic N) is 2. The Hall–Kier alpha value is -3.34. The minimum Gasteiger partial charge on any atom is -0.376 e. The molecule has 1 fully saturated rings. The number of carbonyl (C=O) groups excluding carboxylic acids is 1. The number of nitrogens with one attached hydrogen (secondary N) is 2. The van der Waals surface area contributed by atoms with Gasteiger partial charge in [0, 0.05) is 24.6 Å². The van der Waals surface area contributed by atoms with Crippen molar-refractivity contribution in [3.8, 4) is 0 Å². The predicted molar refractivity (Wildman–Crippen MR) is 91.3 cm³/mol. The van der Waals surface area contributed by atoms with E-state index in [9.17, 15) is 28.9 Å². The van der Waals surface area contributed by atoms with E-state index in [4.69, 9.17) is 4.74 Å². The van der Waals surface area contributed by atoms with E-state index >= 15 is 0 Å². The van der Waals surface area contributed by atoms with E-state index in [1.54, 1.807) is 0 Å². The van der Waals surface area contributed by atoms with Crippen LogP contribution in [0.4, 0.5) is 15.8 Å². The fourth-order valence-corrected chi connectivity index (χ4v) is 2.76. The number of nitro groups is 1. The number of ether oxygens (including phenoxy) is 1. The number of aromatic nitrogens is 2. The van der Waals surface area contributed by atoms with Crippen molar-refractivity contribution in [2.24, 2.45) is 0 Å². The summed E-state index contributed by atoms with van der Waals surface area (Å²) >= 11 is 0. The molecule has 2 aromatic rings. The Kier molecular flexibility index (Phi) is 5.12. The topological polar surface area (TPSA) is 136 Å². The Bertz CT molecular complexity index is 1010. The fraction of sp³-hybridized carbons (Fsp3) is 0.312. The van der Waals surface area contributed by atoms with Gasteiger partial charge in [-0.15, -0.1) is 0 Å². The number of carbonyl (C=O) groups is 1. The van der Waals surface area contributed by atoms with Crippen LogP contribution in [-0.4, -0.2) is 33.1 Å². The highest BCUT2D eigenvalue weighted by Crippen LogP contribution is 2.21. The third kappa shape index (κ3) is 3.92. The van der Waals surface area contributed by atoms with Gasteiger partial charge in [-0.05, 0) is 25.0 Å². The van der Waals surface area contributed by atoms with E-state index in [0.717, 1.165) is 35.4 Å². The summed E-state index contributed by atoms with van der Waals surface area (Å²) in [6, 6.07) is 2.79. The van der Waals surface area contributed by atoms with Gasteiger partial charge in [0.15, 0.2) is 0 Å². The van der Waals surface area contributed by atoms with E-state index in [-0.39, 0.29) is 23.9 Å². The van der Waals surface area contributed by atoms with E-state index in [1.807, 2.05) is 0 Å². The minimum absolute atomic E-state index is 0.0112. The van der Waals surface area contributed by atoms with Crippen molar-refractivity contribution in [3.63, 3.8) is 0 Å². The summed E-state index contributed by atoms with van der Waals surface area (Å²) < 4.78 is 19.6. The largest absolute Gasteiger partial charge is 0.376 e. The Morgan fingerprint density at radius 2 is 2.22 bits per heavy atom. The summed E-state index contributed by atoms with van der Waals surface area (Å²) in [6.07, 6.45) is 2.19. The first kappa shape index (κ1) is 18.5. The number of aromatic amines is 1. The van der Waals surface area contributed by atoms with Crippen molar-refractivity contribution in [1.29, 1.82) is 0 Å². The fourth-order valence-electron chi connectivity index (χ4n) is 2.76. The number of H-pyrrole nitrogens is 1. The zero-order valence-electron chi connectivity index (χ0n) is 13.9. The molecule has 1 unspecified atom stereocenters. The molecule has 10 nitrogen and oxygen atoms in total. The maximum atomic E-state index is 13.4. The lowest BCUT2D eigenvalue weighted by atomic mass is 10.2. The maximum Gasteiger partial charge on any atom is 0.328 e. The number of anilines is 1. The van der Waals surface area contributed by atoms with E-state index in [0.29, 0.717) is 13.0 Å². The van der Waals surface area contributed by atoms with Crippen molar-refractivity contribution in [1.82, 2.24) is 9.55 Å². The number of hydrogen-bond donors (Lipinski definition) is 2. The van der Waals surface area contributed by atoms with E-state index in [2.05, 4.69) is 10.3 Å². The molecule has 0 radical (unpaired) electrons. The smallest absolute Gasteiger partial charge is 0.328 e. The van der Waals surface area contributed by atoms with Crippen LogP contribution < -0.4 is 16.6 Å². The van der Waals surface area contributed by atoms with Crippen LogP contribution in [0.15, 0.2) is 34.0 Å². The van der Waals surface area contributed by atoms with Gasteiger partial charge in [-0.3, -0.25) is 24.3 Å². The summed E-state index contributed by atoms with van der Waals surface area (Å²) in [5.74, 6) is -1.95. The van der Waals surface area contributed by atoms with Gasteiger partial charge in [-0.1, -0.05) is 0 Å². The summed E-state index contributed by atoms with van der Waals surface area (Å²) in [5.41, 5.74) is -2.73. The highest BCUT2D eigenvalue weighted by atomic mass is 19.1. The molecule has 1 amide bonds. The molecule has 0 saturated carbocycles.